The van der Waals surface area contributed by atoms with Crippen LogP contribution in [0.3, 0.4) is 0 Å². The van der Waals surface area contributed by atoms with Gasteiger partial charge in [-0.25, -0.2) is 4.79 Å². The number of aromatic hydroxyl groups is 1. The minimum Gasteiger partial charge on any atom is -0.507 e. The van der Waals surface area contributed by atoms with Crippen LogP contribution in [-0.4, -0.2) is 33.2 Å². The number of phenols is 1. The summed E-state index contributed by atoms with van der Waals surface area (Å²) in [6, 6.07) is 10.1. The third-order valence-electron chi connectivity index (χ3n) is 3.58. The second kappa shape index (κ2) is 7.34. The van der Waals surface area contributed by atoms with Gasteiger partial charge in [0.2, 0.25) is 0 Å². The van der Waals surface area contributed by atoms with Crippen LogP contribution in [0.4, 0.5) is 10.5 Å². The molecule has 2 aromatic carbocycles. The van der Waals surface area contributed by atoms with Gasteiger partial charge in [0.15, 0.2) is 0 Å². The van der Waals surface area contributed by atoms with Crippen LogP contribution >= 0.6 is 11.8 Å². The van der Waals surface area contributed by atoms with Crippen LogP contribution in [0.15, 0.2) is 47.4 Å². The molecule has 1 aliphatic rings. The smallest absolute Gasteiger partial charge is 0.336 e. The van der Waals surface area contributed by atoms with Crippen molar-refractivity contribution in [3.05, 3.63) is 64.1 Å². The Hall–Kier alpha value is -3.59. The van der Waals surface area contributed by atoms with Crippen molar-refractivity contribution in [2.75, 3.05) is 5.32 Å². The molecule has 1 fully saturated rings. The average molecular weight is 384 g/mol. The molecule has 0 aromatic heterocycles. The molecule has 2 aromatic rings. The Balaban J connectivity index is 1.87. The maximum Gasteiger partial charge on any atom is 0.336 e. The SMILES string of the molecule is O=C1NC(=O)/C(=C\c2cccc(NC(=O)c3c(O)cccc3C(=O)O)c2)S1. The first-order valence-electron chi connectivity index (χ1n) is 7.56. The summed E-state index contributed by atoms with van der Waals surface area (Å²) in [5.41, 5.74) is 0.188. The zero-order valence-corrected chi connectivity index (χ0v) is 14.4. The highest BCUT2D eigenvalue weighted by molar-refractivity contribution is 8.18. The molecule has 3 rings (SSSR count). The van der Waals surface area contributed by atoms with Gasteiger partial charge < -0.3 is 15.5 Å². The van der Waals surface area contributed by atoms with Crippen LogP contribution in [0.1, 0.15) is 26.3 Å². The van der Waals surface area contributed by atoms with Crippen LogP contribution in [0.25, 0.3) is 6.08 Å². The summed E-state index contributed by atoms with van der Waals surface area (Å²) in [7, 11) is 0. The largest absolute Gasteiger partial charge is 0.507 e. The van der Waals surface area contributed by atoms with Crippen LogP contribution in [0.5, 0.6) is 5.75 Å². The van der Waals surface area contributed by atoms with Crippen molar-refractivity contribution in [3.63, 3.8) is 0 Å². The number of aromatic carboxylic acids is 1. The Labute approximate surface area is 156 Å². The quantitative estimate of drug-likeness (QED) is 0.596. The van der Waals surface area contributed by atoms with Crippen molar-refractivity contribution in [2.45, 2.75) is 0 Å². The number of amides is 3. The molecule has 0 atom stereocenters. The molecule has 8 nitrogen and oxygen atoms in total. The highest BCUT2D eigenvalue weighted by atomic mass is 32.2. The second-order valence-electron chi connectivity index (χ2n) is 5.44. The van der Waals surface area contributed by atoms with E-state index < -0.39 is 28.8 Å². The van der Waals surface area contributed by atoms with Gasteiger partial charge in [-0.15, -0.1) is 0 Å². The molecular formula is C18H12N2O6S. The molecule has 136 valence electrons. The Morgan fingerprint density at radius 3 is 2.52 bits per heavy atom. The number of benzene rings is 2. The summed E-state index contributed by atoms with van der Waals surface area (Å²) in [5, 5.41) is 23.3. The van der Waals surface area contributed by atoms with E-state index in [0.717, 1.165) is 11.8 Å². The van der Waals surface area contributed by atoms with Crippen molar-refractivity contribution in [2.24, 2.45) is 0 Å². The second-order valence-corrected chi connectivity index (χ2v) is 6.45. The first kappa shape index (κ1) is 18.2. The summed E-state index contributed by atoms with van der Waals surface area (Å²) < 4.78 is 0. The van der Waals surface area contributed by atoms with Crippen LogP contribution in [0.2, 0.25) is 0 Å². The average Bonchev–Trinajstić information content (AvgIpc) is 2.91. The minimum atomic E-state index is -1.34. The van der Waals surface area contributed by atoms with Gasteiger partial charge in [-0.3, -0.25) is 19.7 Å². The van der Waals surface area contributed by atoms with Crippen molar-refractivity contribution in [1.82, 2.24) is 5.32 Å². The Morgan fingerprint density at radius 1 is 1.11 bits per heavy atom. The highest BCUT2D eigenvalue weighted by Gasteiger charge is 2.25. The van der Waals surface area contributed by atoms with E-state index in [4.69, 9.17) is 0 Å². The monoisotopic (exact) mass is 384 g/mol. The van der Waals surface area contributed by atoms with Gasteiger partial charge in [-0.2, -0.15) is 0 Å². The Bertz CT molecular complexity index is 1010. The number of carboxylic acids is 1. The molecule has 1 aliphatic heterocycles. The van der Waals surface area contributed by atoms with E-state index in [0.29, 0.717) is 11.3 Å². The standard InChI is InChI=1S/C18H12N2O6S/c21-12-6-2-5-11(17(24)25)14(12)16(23)19-10-4-1-3-9(7-10)8-13-15(22)20-18(26)27-13/h1-8,21H,(H,19,23)(H,24,25)(H,20,22,26)/b13-8+. The molecule has 0 aliphatic carbocycles. The van der Waals surface area contributed by atoms with E-state index in [-0.39, 0.29) is 16.0 Å². The van der Waals surface area contributed by atoms with Crippen molar-refractivity contribution >= 4 is 46.5 Å². The molecule has 9 heteroatoms. The molecule has 0 bridgehead atoms. The molecule has 0 saturated carbocycles. The number of carbonyl (C=O) groups excluding carboxylic acids is 3. The fourth-order valence-corrected chi connectivity index (χ4v) is 3.11. The lowest BCUT2D eigenvalue weighted by molar-refractivity contribution is -0.115. The third kappa shape index (κ3) is 3.98. The van der Waals surface area contributed by atoms with Crippen LogP contribution < -0.4 is 10.6 Å². The van der Waals surface area contributed by atoms with E-state index in [1.165, 1.54) is 24.3 Å². The third-order valence-corrected chi connectivity index (χ3v) is 4.39. The number of nitrogens with one attached hydrogen (secondary N) is 2. The lowest BCUT2D eigenvalue weighted by Gasteiger charge is -2.10. The van der Waals surface area contributed by atoms with Crippen LogP contribution in [-0.2, 0) is 4.79 Å². The van der Waals surface area contributed by atoms with Gasteiger partial charge in [0.25, 0.3) is 17.1 Å². The molecule has 0 unspecified atom stereocenters. The summed E-state index contributed by atoms with van der Waals surface area (Å²) in [6.45, 7) is 0. The van der Waals surface area contributed by atoms with Gasteiger partial charge in [-0.05, 0) is 47.7 Å². The minimum absolute atomic E-state index is 0.220. The number of carbonyl (C=O) groups is 4. The fraction of sp³-hybridized carbons (Fsp3) is 0. The summed E-state index contributed by atoms with van der Waals surface area (Å²) in [6.07, 6.45) is 1.49. The molecular weight excluding hydrogens is 372 g/mol. The molecule has 4 N–H and O–H groups in total. The number of hydrogen-bond acceptors (Lipinski definition) is 6. The zero-order valence-electron chi connectivity index (χ0n) is 13.6. The zero-order chi connectivity index (χ0) is 19.6. The van der Waals surface area contributed by atoms with Gasteiger partial charge in [0.05, 0.1) is 16.0 Å². The van der Waals surface area contributed by atoms with Crippen molar-refractivity contribution in [1.29, 1.82) is 0 Å². The van der Waals surface area contributed by atoms with Crippen molar-refractivity contribution < 1.29 is 29.4 Å². The summed E-state index contributed by atoms with van der Waals surface area (Å²) in [5.74, 6) is -3.09. The number of thioether (sulfide) groups is 1. The Kier molecular flexibility index (Phi) is 4.95. The first-order valence-corrected chi connectivity index (χ1v) is 8.38. The van der Waals surface area contributed by atoms with E-state index in [2.05, 4.69) is 10.6 Å². The number of carboxylic acid groups (broad SMARTS) is 1. The topological polar surface area (TPSA) is 133 Å². The Morgan fingerprint density at radius 2 is 1.85 bits per heavy atom. The lowest BCUT2D eigenvalue weighted by atomic mass is 10.1. The number of imide groups is 1. The molecule has 1 heterocycles. The highest BCUT2D eigenvalue weighted by Crippen LogP contribution is 2.27. The maximum atomic E-state index is 12.4. The number of anilines is 1. The summed E-state index contributed by atoms with van der Waals surface area (Å²) >= 11 is 0.768. The van der Waals surface area contributed by atoms with Crippen molar-refractivity contribution in [3.8, 4) is 5.75 Å². The molecule has 0 radical (unpaired) electrons. The maximum absolute atomic E-state index is 12.4. The van der Waals surface area contributed by atoms with E-state index in [1.807, 2.05) is 0 Å². The predicted octanol–water partition coefficient (Wildman–Crippen LogP) is 2.67. The molecule has 1 saturated heterocycles. The number of hydrogen-bond donors (Lipinski definition) is 4. The normalized spacial score (nSPS) is 14.9. The first-order chi connectivity index (χ1) is 12.8. The van der Waals surface area contributed by atoms with Crippen LogP contribution in [0, 0.1) is 0 Å². The lowest BCUT2D eigenvalue weighted by Crippen LogP contribution is -2.17. The predicted molar refractivity (Wildman–Crippen MR) is 98.6 cm³/mol. The number of rotatable bonds is 4. The van der Waals surface area contributed by atoms with Gasteiger partial charge >= 0.3 is 5.97 Å². The van der Waals surface area contributed by atoms with E-state index in [1.54, 1.807) is 24.3 Å². The van der Waals surface area contributed by atoms with E-state index in [9.17, 15) is 29.4 Å². The van der Waals surface area contributed by atoms with E-state index >= 15 is 0 Å². The fourth-order valence-electron chi connectivity index (χ4n) is 2.43. The molecule has 3 amide bonds. The number of phenolic OH excluding ortho intramolecular Hbond substituents is 1. The summed E-state index contributed by atoms with van der Waals surface area (Å²) in [4.78, 5) is 46.7. The molecule has 0 spiro atoms. The van der Waals surface area contributed by atoms with Gasteiger partial charge in [0.1, 0.15) is 5.75 Å². The molecule has 27 heavy (non-hydrogen) atoms. The van der Waals surface area contributed by atoms with Gasteiger partial charge in [-0.1, -0.05) is 18.2 Å². The van der Waals surface area contributed by atoms with Gasteiger partial charge in [0, 0.05) is 5.69 Å².